The van der Waals surface area contributed by atoms with Gasteiger partial charge >= 0.3 is 0 Å². The van der Waals surface area contributed by atoms with Crippen molar-refractivity contribution in [3.63, 3.8) is 0 Å². The van der Waals surface area contributed by atoms with Gasteiger partial charge in [0.15, 0.2) is 5.82 Å². The number of nitrogens with one attached hydrogen (secondary N) is 1. The first-order valence-corrected chi connectivity index (χ1v) is 11.5. The molecule has 0 amide bonds. The van der Waals surface area contributed by atoms with E-state index in [1.807, 2.05) is 6.20 Å². The van der Waals surface area contributed by atoms with Gasteiger partial charge in [0.05, 0.1) is 11.3 Å². The number of hydrogen-bond donors (Lipinski definition) is 1. The summed E-state index contributed by atoms with van der Waals surface area (Å²) < 4.78 is 10.5. The van der Waals surface area contributed by atoms with Crippen LogP contribution in [0.25, 0.3) is 11.5 Å². The molecule has 164 valence electrons. The first kappa shape index (κ1) is 20.5. The SMILES string of the molecule is CC1(C)CC(CCn2ccnc2-c2cc3n(n2)CCCNC3)(c2ccccc2)CCO1. The number of aromatic nitrogens is 4. The molecule has 2 aliphatic heterocycles. The second kappa shape index (κ2) is 8.24. The van der Waals surface area contributed by atoms with E-state index in [1.165, 1.54) is 11.3 Å². The van der Waals surface area contributed by atoms with Crippen LogP contribution in [0.4, 0.5) is 0 Å². The fourth-order valence-corrected chi connectivity index (χ4v) is 5.40. The number of aryl methyl sites for hydroxylation is 2. The molecule has 1 fully saturated rings. The maximum Gasteiger partial charge on any atom is 0.160 e. The van der Waals surface area contributed by atoms with E-state index in [4.69, 9.17) is 9.84 Å². The first-order valence-electron chi connectivity index (χ1n) is 11.5. The summed E-state index contributed by atoms with van der Waals surface area (Å²) in [6.07, 6.45) is 8.25. The molecule has 31 heavy (non-hydrogen) atoms. The van der Waals surface area contributed by atoms with Crippen molar-refractivity contribution in [1.82, 2.24) is 24.6 Å². The van der Waals surface area contributed by atoms with Crippen molar-refractivity contribution < 1.29 is 4.74 Å². The van der Waals surface area contributed by atoms with E-state index < -0.39 is 0 Å². The lowest BCUT2D eigenvalue weighted by atomic mass is 9.67. The van der Waals surface area contributed by atoms with E-state index >= 15 is 0 Å². The van der Waals surface area contributed by atoms with Crippen molar-refractivity contribution in [2.45, 2.75) is 70.2 Å². The van der Waals surface area contributed by atoms with Gasteiger partial charge in [-0.15, -0.1) is 0 Å². The van der Waals surface area contributed by atoms with Crippen LogP contribution in [0.1, 0.15) is 50.8 Å². The maximum atomic E-state index is 6.09. The van der Waals surface area contributed by atoms with Crippen LogP contribution in [0.15, 0.2) is 48.8 Å². The fourth-order valence-electron chi connectivity index (χ4n) is 5.40. The molecule has 0 aliphatic carbocycles. The Kier molecular flexibility index (Phi) is 5.44. The molecule has 2 aromatic heterocycles. The van der Waals surface area contributed by atoms with Gasteiger partial charge in [-0.3, -0.25) is 4.68 Å². The summed E-state index contributed by atoms with van der Waals surface area (Å²) in [5.41, 5.74) is 3.65. The third-order valence-electron chi connectivity index (χ3n) is 6.89. The lowest BCUT2D eigenvalue weighted by Gasteiger charge is -2.45. The minimum Gasteiger partial charge on any atom is -0.376 e. The number of imidazole rings is 1. The molecule has 3 aromatic rings. The standard InChI is InChI=1S/C25H33N5O/c1-24(2)19-25(10-16-31-24,20-7-4-3-5-8-20)9-14-29-15-12-27-23(29)22-17-21-18-26-11-6-13-30(21)28-22/h3-5,7-8,12,15,17,26H,6,9-11,13-14,16,18-19H2,1-2H3. The summed E-state index contributed by atoms with van der Waals surface area (Å²) >= 11 is 0. The van der Waals surface area contributed by atoms with Gasteiger partial charge in [0.25, 0.3) is 0 Å². The zero-order chi connectivity index (χ0) is 21.3. The van der Waals surface area contributed by atoms with Crippen molar-refractivity contribution in [1.29, 1.82) is 0 Å². The molecule has 0 saturated carbocycles. The summed E-state index contributed by atoms with van der Waals surface area (Å²) in [5.74, 6) is 0.968. The van der Waals surface area contributed by atoms with Crippen LogP contribution in [0, 0.1) is 0 Å². The molecule has 0 radical (unpaired) electrons. The number of fused-ring (bicyclic) bond motifs is 1. The van der Waals surface area contributed by atoms with Crippen LogP contribution in [0.5, 0.6) is 0 Å². The van der Waals surface area contributed by atoms with Gasteiger partial charge in [0.1, 0.15) is 5.69 Å². The molecular formula is C25H33N5O. The van der Waals surface area contributed by atoms with E-state index in [-0.39, 0.29) is 11.0 Å². The Bertz CT molecular complexity index is 998. The van der Waals surface area contributed by atoms with Crippen molar-refractivity contribution in [2.75, 3.05) is 13.2 Å². The average Bonchev–Trinajstić information content (AvgIpc) is 3.33. The molecular weight excluding hydrogens is 386 g/mol. The first-order chi connectivity index (χ1) is 15.0. The van der Waals surface area contributed by atoms with Gasteiger partial charge in [-0.25, -0.2) is 4.98 Å². The molecule has 1 unspecified atom stereocenters. The predicted molar refractivity (Wildman–Crippen MR) is 122 cm³/mol. The quantitative estimate of drug-likeness (QED) is 0.675. The Morgan fingerprint density at radius 2 is 2.06 bits per heavy atom. The zero-order valence-corrected chi connectivity index (χ0v) is 18.7. The van der Waals surface area contributed by atoms with E-state index in [0.29, 0.717) is 0 Å². The van der Waals surface area contributed by atoms with E-state index in [2.05, 4.69) is 76.0 Å². The number of hydrogen-bond acceptors (Lipinski definition) is 4. The number of nitrogens with zero attached hydrogens (tertiary/aromatic N) is 4. The Hall–Kier alpha value is -2.44. The Morgan fingerprint density at radius 3 is 2.90 bits per heavy atom. The van der Waals surface area contributed by atoms with Crippen molar-refractivity contribution in [2.24, 2.45) is 0 Å². The van der Waals surface area contributed by atoms with E-state index in [0.717, 1.165) is 70.0 Å². The lowest BCUT2D eigenvalue weighted by molar-refractivity contribution is -0.0848. The third kappa shape index (κ3) is 4.19. The van der Waals surface area contributed by atoms with Crippen molar-refractivity contribution >= 4 is 0 Å². The highest BCUT2D eigenvalue weighted by molar-refractivity contribution is 5.50. The smallest absolute Gasteiger partial charge is 0.160 e. The molecule has 0 bridgehead atoms. The predicted octanol–water partition coefficient (Wildman–Crippen LogP) is 4.16. The van der Waals surface area contributed by atoms with Crippen LogP contribution >= 0.6 is 0 Å². The fraction of sp³-hybridized carbons (Fsp3) is 0.520. The van der Waals surface area contributed by atoms with Crippen LogP contribution in [0.3, 0.4) is 0 Å². The topological polar surface area (TPSA) is 56.9 Å². The Labute approximate surface area is 184 Å². The number of benzene rings is 1. The summed E-state index contributed by atoms with van der Waals surface area (Å²) in [7, 11) is 0. The second-order valence-electron chi connectivity index (χ2n) is 9.65. The Morgan fingerprint density at radius 1 is 1.19 bits per heavy atom. The van der Waals surface area contributed by atoms with Crippen LogP contribution in [-0.2, 0) is 29.8 Å². The molecule has 1 saturated heterocycles. The van der Waals surface area contributed by atoms with Gasteiger partial charge in [-0.05, 0) is 57.7 Å². The zero-order valence-electron chi connectivity index (χ0n) is 18.7. The highest BCUT2D eigenvalue weighted by Gasteiger charge is 2.41. The molecule has 0 spiro atoms. The van der Waals surface area contributed by atoms with Crippen molar-refractivity contribution in [3.8, 4) is 11.5 Å². The van der Waals surface area contributed by atoms with E-state index in [9.17, 15) is 0 Å². The number of ether oxygens (including phenoxy) is 1. The molecule has 1 aromatic carbocycles. The van der Waals surface area contributed by atoms with Crippen molar-refractivity contribution in [3.05, 3.63) is 60.0 Å². The highest BCUT2D eigenvalue weighted by Crippen LogP contribution is 2.44. The molecule has 5 rings (SSSR count). The third-order valence-corrected chi connectivity index (χ3v) is 6.89. The molecule has 1 atom stereocenters. The minimum atomic E-state index is -0.111. The molecule has 6 nitrogen and oxygen atoms in total. The highest BCUT2D eigenvalue weighted by atomic mass is 16.5. The van der Waals surface area contributed by atoms with Gasteiger partial charge in [0.2, 0.25) is 0 Å². The maximum absolute atomic E-state index is 6.09. The van der Waals surface area contributed by atoms with Gasteiger partial charge < -0.3 is 14.6 Å². The largest absolute Gasteiger partial charge is 0.376 e. The van der Waals surface area contributed by atoms with E-state index in [1.54, 1.807) is 0 Å². The second-order valence-corrected chi connectivity index (χ2v) is 9.65. The normalized spacial score (nSPS) is 23.3. The summed E-state index contributed by atoms with van der Waals surface area (Å²) in [4.78, 5) is 4.68. The molecule has 6 heteroatoms. The van der Waals surface area contributed by atoms with Crippen LogP contribution in [-0.4, -0.2) is 38.1 Å². The van der Waals surface area contributed by atoms with Gasteiger partial charge in [-0.1, -0.05) is 30.3 Å². The monoisotopic (exact) mass is 419 g/mol. The summed E-state index contributed by atoms with van der Waals surface area (Å²) in [6.45, 7) is 9.06. The number of rotatable bonds is 5. The average molecular weight is 420 g/mol. The summed E-state index contributed by atoms with van der Waals surface area (Å²) in [6, 6.07) is 13.2. The minimum absolute atomic E-state index is 0.111. The lowest BCUT2D eigenvalue weighted by Crippen LogP contribution is -2.44. The Balaban J connectivity index is 1.41. The van der Waals surface area contributed by atoms with Crippen LogP contribution in [0.2, 0.25) is 0 Å². The molecule has 2 aliphatic rings. The van der Waals surface area contributed by atoms with Crippen LogP contribution < -0.4 is 5.32 Å². The molecule has 1 N–H and O–H groups in total. The molecule has 4 heterocycles. The summed E-state index contributed by atoms with van der Waals surface area (Å²) in [5, 5.41) is 8.36. The van der Waals surface area contributed by atoms with Gasteiger partial charge in [0, 0.05) is 44.0 Å². The van der Waals surface area contributed by atoms with Gasteiger partial charge in [-0.2, -0.15) is 5.10 Å².